The Morgan fingerprint density at radius 3 is 2.51 bits per heavy atom. The Labute approximate surface area is 460 Å². The zero-order valence-electron chi connectivity index (χ0n) is 45.0. The van der Waals surface area contributed by atoms with E-state index in [-0.39, 0.29) is 70.2 Å². The Kier molecular flexibility index (Phi) is 14.4. The van der Waals surface area contributed by atoms with Gasteiger partial charge in [-0.05, 0) is 125 Å². The number of fused-ring (bicyclic) bond motifs is 5. The maximum atomic E-state index is 16.9. The number of terminal acetylenes is 1. The highest BCUT2D eigenvalue weighted by atomic mass is 19.3. The minimum atomic E-state index is -2.96. The van der Waals surface area contributed by atoms with Crippen molar-refractivity contribution in [2.75, 3.05) is 82.5 Å². The number of hydrogen-bond donors (Lipinski definition) is 1. The van der Waals surface area contributed by atoms with Crippen LogP contribution in [-0.2, 0) is 32.5 Å². The normalized spacial score (nSPS) is 22.0. The molecule has 0 spiro atoms. The van der Waals surface area contributed by atoms with E-state index in [9.17, 15) is 18.8 Å². The number of methoxy groups -OCH3 is 1. The second kappa shape index (κ2) is 21.6. The summed E-state index contributed by atoms with van der Waals surface area (Å²) in [7, 11) is 3.10. The summed E-state index contributed by atoms with van der Waals surface area (Å²) in [5.41, 5.74) is 3.70. The van der Waals surface area contributed by atoms with Gasteiger partial charge >= 0.3 is 12.1 Å². The number of amides is 3. The van der Waals surface area contributed by atoms with Gasteiger partial charge in [-0.2, -0.15) is 23.8 Å². The first-order valence-electron chi connectivity index (χ1n) is 28.0. The standard InChI is InChI=1S/C34H33F2N5O2.C26H31F2N5O4/c1-2-23-25(35)11-9-21-7-3-8-24(27(21)23)30-29(36)31-28-26(37-30)12-10-22-19-42-18-6-17-41(22)32(28)39-33(38-31)43-20-34-13-4-15-40(34)16-5-14-34;1-31-21-14-18(3-4-19(21)23(30-31)20-5-6-22(34)29-24(20)35)33-12-9-17(26(27,28)15-33)13-16-7-10-32(11-8-16)25(36)37-2/h1,3,7-9,11,22H,4-6,10,12-20H2;3-4,9,14,16,20H,5-8,10-13,15H2,1-2H3,(H,29,34,35). The lowest BCUT2D eigenvalue weighted by Gasteiger charge is -2.37. The second-order valence-electron chi connectivity index (χ2n) is 22.4. The predicted molar refractivity (Wildman–Crippen MR) is 294 cm³/mol. The topological polar surface area (TPSA) is 160 Å². The number of rotatable bonds is 8. The van der Waals surface area contributed by atoms with Crippen molar-refractivity contribution in [2.45, 2.75) is 100 Å². The van der Waals surface area contributed by atoms with Gasteiger partial charge in [0, 0.05) is 68.3 Å². The van der Waals surface area contributed by atoms with E-state index in [4.69, 9.17) is 35.6 Å². The molecule has 16 nitrogen and oxygen atoms in total. The van der Waals surface area contributed by atoms with Crippen molar-refractivity contribution in [3.63, 3.8) is 0 Å². The van der Waals surface area contributed by atoms with Gasteiger partial charge in [0.25, 0.3) is 5.92 Å². The summed E-state index contributed by atoms with van der Waals surface area (Å²) in [6.45, 7) is 5.63. The van der Waals surface area contributed by atoms with Gasteiger partial charge in [0.1, 0.15) is 29.5 Å². The molecule has 418 valence electrons. The summed E-state index contributed by atoms with van der Waals surface area (Å²) in [5, 5.41) is 9.48. The van der Waals surface area contributed by atoms with Gasteiger partial charge in [0.15, 0.2) is 5.82 Å². The summed E-state index contributed by atoms with van der Waals surface area (Å²) < 4.78 is 81.0. The number of nitrogens with zero attached hydrogens (tertiary/aromatic N) is 9. The van der Waals surface area contributed by atoms with Gasteiger partial charge in [0.2, 0.25) is 11.8 Å². The molecule has 0 bridgehead atoms. The minimum absolute atomic E-state index is 0.00280. The zero-order valence-corrected chi connectivity index (χ0v) is 45.0. The molecule has 3 aromatic carbocycles. The Bertz CT molecular complexity index is 3510. The van der Waals surface area contributed by atoms with E-state index in [0.717, 1.165) is 69.1 Å². The number of halogens is 4. The van der Waals surface area contributed by atoms with E-state index >= 15 is 13.2 Å². The molecule has 80 heavy (non-hydrogen) atoms. The van der Waals surface area contributed by atoms with Crippen LogP contribution < -0.4 is 19.9 Å². The summed E-state index contributed by atoms with van der Waals surface area (Å²) in [6.07, 6.45) is 16.1. The molecule has 3 amide bonds. The van der Waals surface area contributed by atoms with Crippen molar-refractivity contribution in [3.8, 4) is 29.6 Å². The number of likely N-dealkylation sites (tertiary alicyclic amines) is 1. The first-order valence-corrected chi connectivity index (χ1v) is 28.0. The van der Waals surface area contributed by atoms with Gasteiger partial charge in [0.05, 0.1) is 65.6 Å². The van der Waals surface area contributed by atoms with Crippen molar-refractivity contribution >= 4 is 62.0 Å². The Morgan fingerprint density at radius 2 is 1.75 bits per heavy atom. The molecule has 0 aliphatic carbocycles. The zero-order chi connectivity index (χ0) is 55.5. The SMILES string of the molecule is C#Cc1c(F)ccc2cccc(-c3nc4c5c(nc(OCC67CCCN6CCC7)nc5c3F)N3CCCOCC3CC4)c12.COC(=O)N1CCC(CC2=CCN(c3ccc4c(C5CCC(=O)NC5=O)nn(C)c4c3)CC2(F)F)CC1. The van der Waals surface area contributed by atoms with E-state index in [1.807, 2.05) is 24.3 Å². The lowest BCUT2D eigenvalue weighted by Crippen LogP contribution is -2.44. The molecule has 3 aromatic heterocycles. The van der Waals surface area contributed by atoms with E-state index in [2.05, 4.69) is 26.1 Å². The molecule has 2 atom stereocenters. The minimum Gasteiger partial charge on any atom is -0.461 e. The number of carbonyl (C=O) groups is 3. The van der Waals surface area contributed by atoms with E-state index in [0.29, 0.717) is 116 Å². The van der Waals surface area contributed by atoms with Crippen LogP contribution in [0.4, 0.5) is 33.9 Å². The molecule has 2 unspecified atom stereocenters. The Balaban J connectivity index is 0.000000161. The van der Waals surface area contributed by atoms with Crippen molar-refractivity contribution < 1.29 is 46.2 Å². The Hall–Kier alpha value is -7.37. The summed E-state index contributed by atoms with van der Waals surface area (Å²) in [5.74, 6) is -1.98. The van der Waals surface area contributed by atoms with Crippen molar-refractivity contribution in [3.05, 3.63) is 88.8 Å². The number of aromatic nitrogens is 5. The van der Waals surface area contributed by atoms with Crippen LogP contribution in [0.2, 0.25) is 0 Å². The first-order chi connectivity index (χ1) is 38.7. The van der Waals surface area contributed by atoms with Crippen LogP contribution in [0.15, 0.2) is 60.2 Å². The van der Waals surface area contributed by atoms with Gasteiger partial charge < -0.3 is 28.9 Å². The third kappa shape index (κ3) is 9.83. The molecule has 6 aromatic rings. The van der Waals surface area contributed by atoms with Gasteiger partial charge in [-0.3, -0.25) is 24.5 Å². The van der Waals surface area contributed by atoms with Gasteiger partial charge in [-0.15, -0.1) is 6.42 Å². The smallest absolute Gasteiger partial charge is 0.409 e. The molecule has 0 radical (unpaired) electrons. The molecule has 13 rings (SSSR count). The van der Waals surface area contributed by atoms with Crippen LogP contribution in [0, 0.1) is 29.9 Å². The maximum absolute atomic E-state index is 16.9. The maximum Gasteiger partial charge on any atom is 0.409 e. The second-order valence-corrected chi connectivity index (χ2v) is 22.4. The third-order valence-electron chi connectivity index (χ3n) is 17.7. The number of imide groups is 1. The predicted octanol–water partition coefficient (Wildman–Crippen LogP) is 9.00. The number of nitrogens with one attached hydrogen (secondary N) is 1. The fourth-order valence-corrected chi connectivity index (χ4v) is 13.5. The number of pyridine rings is 1. The van der Waals surface area contributed by atoms with E-state index in [1.165, 1.54) is 13.2 Å². The fourth-order valence-electron chi connectivity index (χ4n) is 13.5. The molecule has 5 fully saturated rings. The summed E-state index contributed by atoms with van der Waals surface area (Å²) in [4.78, 5) is 58.2. The highest BCUT2D eigenvalue weighted by molar-refractivity contribution is 6.04. The van der Waals surface area contributed by atoms with Crippen LogP contribution >= 0.6 is 0 Å². The van der Waals surface area contributed by atoms with Crippen molar-refractivity contribution in [1.82, 2.24) is 39.8 Å². The first kappa shape index (κ1) is 53.3. The molecule has 10 heterocycles. The quantitative estimate of drug-likeness (QED) is 0.0667. The molecule has 7 aliphatic rings. The molecular formula is C60H64F4N10O6. The number of hydrogen-bond acceptors (Lipinski definition) is 13. The number of anilines is 2. The molecule has 5 saturated heterocycles. The number of ether oxygens (including phenoxy) is 3. The molecular weight excluding hydrogens is 1030 g/mol. The highest BCUT2D eigenvalue weighted by Crippen LogP contribution is 2.44. The molecule has 0 saturated carbocycles. The largest absolute Gasteiger partial charge is 0.461 e. The summed E-state index contributed by atoms with van der Waals surface area (Å²) >= 11 is 0. The average molecular weight is 1100 g/mol. The van der Waals surface area contributed by atoms with Crippen molar-refractivity contribution in [2.24, 2.45) is 13.0 Å². The van der Waals surface area contributed by atoms with Crippen molar-refractivity contribution in [1.29, 1.82) is 0 Å². The number of piperidine rings is 2. The molecule has 20 heteroatoms. The van der Waals surface area contributed by atoms with Crippen LogP contribution in [0.1, 0.15) is 93.5 Å². The summed E-state index contributed by atoms with van der Waals surface area (Å²) in [6, 6.07) is 14.1. The molecule has 1 N–H and O–H groups in total. The number of alkyl halides is 2. The Morgan fingerprint density at radius 1 is 0.938 bits per heavy atom. The number of benzene rings is 3. The number of carbonyl (C=O) groups excluding carboxylic acids is 3. The number of aryl methyl sites for hydroxylation is 2. The van der Waals surface area contributed by atoms with Gasteiger partial charge in [-0.25, -0.2) is 18.6 Å². The third-order valence-corrected chi connectivity index (χ3v) is 17.7. The molecule has 7 aliphatic heterocycles. The fraction of sp³-hybridized carbons (Fsp3) is 0.483. The van der Waals surface area contributed by atoms with Gasteiger partial charge in [-0.1, -0.05) is 36.3 Å². The van der Waals surface area contributed by atoms with E-state index < -0.39 is 30.0 Å². The lowest BCUT2D eigenvalue weighted by atomic mass is 9.86. The average Bonchev–Trinajstić information content (AvgIpc) is 4.10. The van der Waals surface area contributed by atoms with Crippen LogP contribution in [0.25, 0.3) is 43.8 Å². The monoisotopic (exact) mass is 1100 g/mol. The van der Waals surface area contributed by atoms with Crippen LogP contribution in [0.5, 0.6) is 6.01 Å². The highest BCUT2D eigenvalue weighted by Gasteiger charge is 2.46. The van der Waals surface area contributed by atoms with E-state index in [1.54, 1.807) is 45.8 Å². The van der Waals surface area contributed by atoms with Crippen LogP contribution in [0.3, 0.4) is 0 Å². The van der Waals surface area contributed by atoms with Crippen LogP contribution in [-0.4, -0.2) is 143 Å². The lowest BCUT2D eigenvalue weighted by molar-refractivity contribution is -0.134.